The van der Waals surface area contributed by atoms with Gasteiger partial charge < -0.3 is 19.4 Å². The van der Waals surface area contributed by atoms with Crippen LogP contribution in [0.25, 0.3) is 16.8 Å². The normalized spacial score (nSPS) is 12.6. The van der Waals surface area contributed by atoms with Crippen molar-refractivity contribution in [3.63, 3.8) is 0 Å². The zero-order valence-corrected chi connectivity index (χ0v) is 17.2. The van der Waals surface area contributed by atoms with Crippen LogP contribution in [-0.2, 0) is 0 Å². The molecular formula is C24H20N2O3S. The number of aryl methyl sites for hydroxylation is 1. The Morgan fingerprint density at radius 1 is 1.00 bits per heavy atom. The molecule has 0 bridgehead atoms. The number of aromatic nitrogens is 1. The molecule has 4 aromatic rings. The summed E-state index contributed by atoms with van der Waals surface area (Å²) in [5.74, 6) is 1.19. The van der Waals surface area contributed by atoms with Crippen molar-refractivity contribution in [2.24, 2.45) is 0 Å². The predicted octanol–water partition coefficient (Wildman–Crippen LogP) is 5.54. The molecule has 5 nitrogen and oxygen atoms in total. The number of rotatable bonds is 4. The lowest BCUT2D eigenvalue weighted by Crippen LogP contribution is -2.16. The van der Waals surface area contributed by atoms with Gasteiger partial charge in [0.15, 0.2) is 11.5 Å². The first kappa shape index (κ1) is 18.5. The van der Waals surface area contributed by atoms with E-state index in [1.54, 1.807) is 6.07 Å². The third-order valence-electron chi connectivity index (χ3n) is 5.00. The molecule has 150 valence electrons. The molecule has 3 heterocycles. The summed E-state index contributed by atoms with van der Waals surface area (Å²) in [6.07, 6.45) is 3.92. The smallest absolute Gasteiger partial charge is 0.267 e. The van der Waals surface area contributed by atoms with Crippen molar-refractivity contribution in [2.75, 3.05) is 18.5 Å². The highest BCUT2D eigenvalue weighted by molar-refractivity contribution is 7.13. The third-order valence-corrected chi connectivity index (χ3v) is 5.96. The Kier molecular flexibility index (Phi) is 4.77. The highest BCUT2D eigenvalue weighted by Gasteiger charge is 2.21. The van der Waals surface area contributed by atoms with E-state index in [2.05, 4.69) is 36.5 Å². The van der Waals surface area contributed by atoms with Gasteiger partial charge in [-0.15, -0.1) is 11.3 Å². The summed E-state index contributed by atoms with van der Waals surface area (Å²) < 4.78 is 13.2. The summed E-state index contributed by atoms with van der Waals surface area (Å²) in [6.45, 7) is 3.11. The van der Waals surface area contributed by atoms with E-state index in [-0.39, 0.29) is 5.91 Å². The Morgan fingerprint density at radius 3 is 2.50 bits per heavy atom. The van der Waals surface area contributed by atoms with Crippen molar-refractivity contribution in [2.45, 2.75) is 6.92 Å². The Labute approximate surface area is 178 Å². The molecule has 2 aromatic carbocycles. The largest absolute Gasteiger partial charge is 0.486 e. The van der Waals surface area contributed by atoms with Crippen molar-refractivity contribution in [3.8, 4) is 28.3 Å². The number of fused-ring (bicyclic) bond motifs is 1. The summed E-state index contributed by atoms with van der Waals surface area (Å²) in [5, 5.41) is 5.05. The van der Waals surface area contributed by atoms with Gasteiger partial charge in [-0.1, -0.05) is 29.8 Å². The van der Waals surface area contributed by atoms with Crippen LogP contribution in [0.15, 0.2) is 72.4 Å². The number of ether oxygens (including phenoxy) is 2. The second kappa shape index (κ2) is 7.72. The summed E-state index contributed by atoms with van der Waals surface area (Å²) in [5.41, 5.74) is 4.87. The van der Waals surface area contributed by atoms with Crippen LogP contribution in [0.3, 0.4) is 0 Å². The highest BCUT2D eigenvalue weighted by atomic mass is 32.1. The van der Waals surface area contributed by atoms with Gasteiger partial charge in [0, 0.05) is 35.1 Å². The van der Waals surface area contributed by atoms with Crippen LogP contribution in [0.4, 0.5) is 5.69 Å². The Balaban J connectivity index is 1.51. The lowest BCUT2D eigenvalue weighted by Gasteiger charge is -2.19. The van der Waals surface area contributed by atoms with E-state index in [9.17, 15) is 4.79 Å². The van der Waals surface area contributed by atoms with Crippen molar-refractivity contribution in [1.82, 2.24) is 4.57 Å². The van der Waals surface area contributed by atoms with E-state index in [4.69, 9.17) is 9.47 Å². The number of thiophene rings is 1. The maximum Gasteiger partial charge on any atom is 0.267 e. The van der Waals surface area contributed by atoms with Crippen LogP contribution in [-0.4, -0.2) is 23.7 Å². The molecule has 1 amide bonds. The molecule has 0 unspecified atom stereocenters. The molecule has 0 spiro atoms. The zero-order valence-electron chi connectivity index (χ0n) is 16.4. The molecule has 0 saturated carbocycles. The van der Waals surface area contributed by atoms with Crippen molar-refractivity contribution in [1.29, 1.82) is 0 Å². The van der Waals surface area contributed by atoms with Crippen LogP contribution in [0.1, 0.15) is 15.2 Å². The Morgan fingerprint density at radius 2 is 1.73 bits per heavy atom. The number of nitrogens with one attached hydrogen (secondary N) is 1. The Bertz CT molecular complexity index is 1190. The summed E-state index contributed by atoms with van der Waals surface area (Å²) >= 11 is 1.44. The molecule has 1 aliphatic heterocycles. The molecule has 30 heavy (non-hydrogen) atoms. The van der Waals surface area contributed by atoms with Gasteiger partial charge in [-0.3, -0.25) is 4.79 Å². The van der Waals surface area contributed by atoms with Crippen LogP contribution in [0.5, 0.6) is 11.5 Å². The van der Waals surface area contributed by atoms with Crippen LogP contribution in [0.2, 0.25) is 0 Å². The molecule has 1 aliphatic rings. The first-order chi connectivity index (χ1) is 14.7. The number of benzene rings is 2. The number of hydrogen-bond donors (Lipinski definition) is 1. The highest BCUT2D eigenvalue weighted by Crippen LogP contribution is 2.37. The van der Waals surface area contributed by atoms with Crippen LogP contribution < -0.4 is 14.8 Å². The van der Waals surface area contributed by atoms with Gasteiger partial charge in [0.1, 0.15) is 18.1 Å². The quantitative estimate of drug-likeness (QED) is 0.475. The molecule has 0 aliphatic carbocycles. The Hall–Kier alpha value is -3.51. The average Bonchev–Trinajstić information content (AvgIpc) is 3.44. The van der Waals surface area contributed by atoms with Crippen LogP contribution in [0, 0.1) is 6.92 Å². The molecule has 2 aromatic heterocycles. The third kappa shape index (κ3) is 3.46. The van der Waals surface area contributed by atoms with Gasteiger partial charge in [-0.2, -0.15) is 0 Å². The van der Waals surface area contributed by atoms with Crippen molar-refractivity contribution < 1.29 is 14.3 Å². The molecule has 5 rings (SSSR count). The second-order valence-electron chi connectivity index (χ2n) is 7.10. The lowest BCUT2D eigenvalue weighted by molar-refractivity contribution is 0.103. The second-order valence-corrected chi connectivity index (χ2v) is 7.98. The van der Waals surface area contributed by atoms with Gasteiger partial charge in [0.2, 0.25) is 0 Å². The minimum atomic E-state index is -0.154. The van der Waals surface area contributed by atoms with Gasteiger partial charge in [0.25, 0.3) is 5.91 Å². The number of carbonyl (C=O) groups excluding carboxylic acids is 1. The molecule has 1 N–H and O–H groups in total. The average molecular weight is 417 g/mol. The fourth-order valence-corrected chi connectivity index (χ4v) is 4.47. The minimum absolute atomic E-state index is 0.154. The topological polar surface area (TPSA) is 52.5 Å². The van der Waals surface area contributed by atoms with Crippen molar-refractivity contribution in [3.05, 3.63) is 82.8 Å². The summed E-state index contributed by atoms with van der Waals surface area (Å²) in [4.78, 5) is 13.9. The van der Waals surface area contributed by atoms with E-state index in [0.29, 0.717) is 35.3 Å². The molecular weight excluding hydrogens is 396 g/mol. The monoisotopic (exact) mass is 416 g/mol. The number of nitrogens with zero attached hydrogens (tertiary/aromatic N) is 1. The molecule has 0 atom stereocenters. The van der Waals surface area contributed by atoms with E-state index in [1.807, 2.05) is 46.6 Å². The molecule has 0 saturated heterocycles. The van der Waals surface area contributed by atoms with Crippen LogP contribution >= 0.6 is 11.3 Å². The SMILES string of the molecule is Cc1ccc(-c2csc(C(=O)Nc3ccc4c(c3)OCCO4)c2-n2cccc2)cc1. The first-order valence-electron chi connectivity index (χ1n) is 9.72. The molecule has 0 fully saturated rings. The minimum Gasteiger partial charge on any atom is -0.486 e. The van der Waals surface area contributed by atoms with E-state index < -0.39 is 0 Å². The first-order valence-corrected chi connectivity index (χ1v) is 10.6. The number of anilines is 1. The molecule has 6 heteroatoms. The fourth-order valence-electron chi connectivity index (χ4n) is 3.50. The van der Waals surface area contributed by atoms with Gasteiger partial charge in [-0.25, -0.2) is 0 Å². The van der Waals surface area contributed by atoms with Gasteiger partial charge in [-0.05, 0) is 36.8 Å². The number of hydrogen-bond acceptors (Lipinski definition) is 4. The number of amides is 1. The zero-order chi connectivity index (χ0) is 20.5. The maximum absolute atomic E-state index is 13.2. The standard InChI is InChI=1S/C24H20N2O3S/c1-16-4-6-17(7-5-16)19-15-30-23(22(19)26-10-2-3-11-26)24(27)25-18-8-9-20-21(14-18)29-13-12-28-20/h2-11,14-15H,12-13H2,1H3,(H,25,27). The van der Waals surface area contributed by atoms with E-state index in [0.717, 1.165) is 16.8 Å². The summed E-state index contributed by atoms with van der Waals surface area (Å²) in [7, 11) is 0. The maximum atomic E-state index is 13.2. The van der Waals surface area contributed by atoms with Gasteiger partial charge >= 0.3 is 0 Å². The van der Waals surface area contributed by atoms with Crippen molar-refractivity contribution >= 4 is 22.9 Å². The predicted molar refractivity (Wildman–Crippen MR) is 119 cm³/mol. The molecule has 0 radical (unpaired) electrons. The van der Waals surface area contributed by atoms with E-state index in [1.165, 1.54) is 16.9 Å². The fraction of sp³-hybridized carbons (Fsp3) is 0.125. The number of carbonyl (C=O) groups is 1. The van der Waals surface area contributed by atoms with Gasteiger partial charge in [0.05, 0.1) is 5.69 Å². The lowest BCUT2D eigenvalue weighted by atomic mass is 10.0. The summed E-state index contributed by atoms with van der Waals surface area (Å²) in [6, 6.07) is 17.7. The van der Waals surface area contributed by atoms with E-state index >= 15 is 0 Å².